The molecule has 0 bridgehead atoms. The standard InChI is InChI=1S/C57H98O14/c1-3-5-7-9-11-13-15-17-18-19-20-21-22-23-24-25-26-27-28-29-30-32-34-36-38-40-49(59)69-46(43-66-41-39-37-35-33-31-16-14-12-10-8-6-4-2)44-67-56-55(65)53(63)51(61)48(71-56)45-68-57-54(64)52(62)50(60)47(42-58)70-57/h5,7,10-13,17-18,20-21,23-24,46-48,50-58,60-65H,3-4,6,8-9,14-16,19,22,25-45H2,1-2H3/b7-5-,12-10-,13-11-,18-17-,21-20-,24-23-. The summed E-state index contributed by atoms with van der Waals surface area (Å²) < 4.78 is 34.3. The van der Waals surface area contributed by atoms with Gasteiger partial charge in [0.15, 0.2) is 12.6 Å². The van der Waals surface area contributed by atoms with E-state index in [9.17, 15) is 40.5 Å². The van der Waals surface area contributed by atoms with Crippen LogP contribution in [0.2, 0.25) is 0 Å². The lowest BCUT2D eigenvalue weighted by molar-refractivity contribution is -0.332. The van der Waals surface area contributed by atoms with Crippen molar-refractivity contribution in [1.29, 1.82) is 0 Å². The van der Waals surface area contributed by atoms with E-state index >= 15 is 0 Å². The van der Waals surface area contributed by atoms with Crippen LogP contribution >= 0.6 is 0 Å². The molecule has 0 spiro atoms. The van der Waals surface area contributed by atoms with Crippen molar-refractivity contribution in [3.05, 3.63) is 72.9 Å². The maximum Gasteiger partial charge on any atom is 0.306 e. The Kier molecular flexibility index (Phi) is 39.8. The van der Waals surface area contributed by atoms with Crippen LogP contribution in [0, 0.1) is 0 Å². The topological polar surface area (TPSA) is 214 Å². The maximum absolute atomic E-state index is 13.0. The molecule has 2 aliphatic rings. The van der Waals surface area contributed by atoms with Gasteiger partial charge in [0.2, 0.25) is 0 Å². The van der Waals surface area contributed by atoms with Gasteiger partial charge in [0, 0.05) is 13.0 Å². The number of rotatable bonds is 43. The molecule has 2 aliphatic heterocycles. The van der Waals surface area contributed by atoms with E-state index in [1.54, 1.807) is 0 Å². The molecule has 2 rings (SSSR count). The molecule has 0 saturated carbocycles. The molecule has 2 fully saturated rings. The van der Waals surface area contributed by atoms with Crippen molar-refractivity contribution < 1.29 is 69.0 Å². The number of aliphatic hydroxyl groups excluding tert-OH is 7. The lowest BCUT2D eigenvalue weighted by atomic mass is 9.98. The molecule has 2 saturated heterocycles. The number of allylic oxidation sites excluding steroid dienone is 12. The molecular weight excluding hydrogens is 909 g/mol. The average Bonchev–Trinajstić information content (AvgIpc) is 3.37. The molecular formula is C57H98O14. The van der Waals surface area contributed by atoms with Crippen molar-refractivity contribution in [1.82, 2.24) is 0 Å². The smallest absolute Gasteiger partial charge is 0.306 e. The highest BCUT2D eigenvalue weighted by atomic mass is 16.7. The van der Waals surface area contributed by atoms with Crippen molar-refractivity contribution in [3.63, 3.8) is 0 Å². The summed E-state index contributed by atoms with van der Waals surface area (Å²) in [7, 11) is 0. The third kappa shape index (κ3) is 31.0. The van der Waals surface area contributed by atoms with E-state index < -0.39 is 80.7 Å². The molecule has 14 heteroatoms. The maximum atomic E-state index is 13.0. The second-order valence-electron chi connectivity index (χ2n) is 19.0. The highest BCUT2D eigenvalue weighted by molar-refractivity contribution is 5.69. The molecule has 0 amide bonds. The molecule has 11 atom stereocenters. The van der Waals surface area contributed by atoms with Crippen molar-refractivity contribution >= 4 is 5.97 Å². The molecule has 410 valence electrons. The summed E-state index contributed by atoms with van der Waals surface area (Å²) >= 11 is 0. The first-order chi connectivity index (χ1) is 34.6. The first-order valence-electron chi connectivity index (χ1n) is 27.5. The average molecular weight is 1010 g/mol. The van der Waals surface area contributed by atoms with E-state index in [2.05, 4.69) is 86.8 Å². The summed E-state index contributed by atoms with van der Waals surface area (Å²) in [6.45, 7) is 3.51. The van der Waals surface area contributed by atoms with Crippen LogP contribution in [0.1, 0.15) is 181 Å². The zero-order chi connectivity index (χ0) is 51.6. The summed E-state index contributed by atoms with van der Waals surface area (Å²) in [5.74, 6) is -0.388. The monoisotopic (exact) mass is 1010 g/mol. The Morgan fingerprint density at radius 2 is 0.915 bits per heavy atom. The van der Waals surface area contributed by atoms with Gasteiger partial charge in [0.05, 0.1) is 26.4 Å². The third-order valence-electron chi connectivity index (χ3n) is 12.7. The highest BCUT2D eigenvalue weighted by Crippen LogP contribution is 2.26. The Morgan fingerprint density at radius 1 is 0.479 bits per heavy atom. The van der Waals surface area contributed by atoms with E-state index in [1.807, 2.05) is 0 Å². The minimum absolute atomic E-state index is 0.0517. The Morgan fingerprint density at radius 3 is 1.45 bits per heavy atom. The molecule has 7 N–H and O–H groups in total. The van der Waals surface area contributed by atoms with Crippen molar-refractivity contribution in [2.24, 2.45) is 0 Å². The largest absolute Gasteiger partial charge is 0.457 e. The van der Waals surface area contributed by atoms with Crippen LogP contribution < -0.4 is 0 Å². The molecule has 0 radical (unpaired) electrons. The van der Waals surface area contributed by atoms with Gasteiger partial charge in [-0.3, -0.25) is 4.79 Å². The first kappa shape index (κ1) is 64.5. The molecule has 71 heavy (non-hydrogen) atoms. The van der Waals surface area contributed by atoms with E-state index in [0.717, 1.165) is 89.9 Å². The Hall–Kier alpha value is -2.57. The minimum atomic E-state index is -1.71. The van der Waals surface area contributed by atoms with E-state index in [-0.39, 0.29) is 25.6 Å². The summed E-state index contributed by atoms with van der Waals surface area (Å²) in [5, 5.41) is 72.2. The number of carbonyl (C=O) groups excluding carboxylic acids is 1. The lowest BCUT2D eigenvalue weighted by Gasteiger charge is -2.42. The fourth-order valence-corrected chi connectivity index (χ4v) is 8.23. The molecule has 0 aromatic carbocycles. The van der Waals surface area contributed by atoms with Crippen LogP contribution in [-0.4, -0.2) is 142 Å². The summed E-state index contributed by atoms with van der Waals surface area (Å²) in [6, 6.07) is 0. The molecule has 0 aliphatic carbocycles. The predicted molar refractivity (Wildman–Crippen MR) is 279 cm³/mol. The Balaban J connectivity index is 1.70. The van der Waals surface area contributed by atoms with Crippen molar-refractivity contribution in [2.45, 2.75) is 248 Å². The molecule has 0 aromatic rings. The van der Waals surface area contributed by atoms with E-state index in [1.165, 1.54) is 64.2 Å². The zero-order valence-electron chi connectivity index (χ0n) is 43.7. The number of aliphatic hydroxyl groups is 7. The second kappa shape index (κ2) is 43.8. The first-order valence-corrected chi connectivity index (χ1v) is 27.5. The number of hydrogen-bond donors (Lipinski definition) is 7. The Bertz CT molecular complexity index is 1450. The summed E-state index contributed by atoms with van der Waals surface area (Å²) in [5.41, 5.74) is 0. The van der Waals surface area contributed by atoms with E-state index in [0.29, 0.717) is 13.0 Å². The van der Waals surface area contributed by atoms with Gasteiger partial charge < -0.3 is 64.2 Å². The molecule has 14 nitrogen and oxygen atoms in total. The Labute approximate surface area is 427 Å². The number of hydrogen-bond acceptors (Lipinski definition) is 14. The lowest BCUT2D eigenvalue weighted by Crippen LogP contribution is -2.61. The number of carbonyl (C=O) groups is 1. The fourth-order valence-electron chi connectivity index (χ4n) is 8.23. The fraction of sp³-hybridized carbons (Fsp3) is 0.772. The van der Waals surface area contributed by atoms with Crippen LogP contribution in [-0.2, 0) is 33.2 Å². The zero-order valence-corrected chi connectivity index (χ0v) is 43.7. The SMILES string of the molecule is CC/C=C\C/C=C\C/C=C\C/C=C\C/C=C\CCCCCCCCCCCC(=O)OC(COCCCCCCCC/C=C\CCCC)COC1OC(COC2OC(CO)C(O)C(O)C2O)C(O)C(O)C1O. The number of unbranched alkanes of at least 4 members (excludes halogenated alkanes) is 17. The third-order valence-corrected chi connectivity index (χ3v) is 12.7. The van der Waals surface area contributed by atoms with Gasteiger partial charge in [-0.1, -0.05) is 170 Å². The van der Waals surface area contributed by atoms with Gasteiger partial charge >= 0.3 is 5.97 Å². The van der Waals surface area contributed by atoms with Gasteiger partial charge in [-0.15, -0.1) is 0 Å². The van der Waals surface area contributed by atoms with Crippen LogP contribution in [0.15, 0.2) is 72.9 Å². The quantitative estimate of drug-likeness (QED) is 0.0173. The van der Waals surface area contributed by atoms with Gasteiger partial charge in [0.1, 0.15) is 54.9 Å². The predicted octanol–water partition coefficient (Wildman–Crippen LogP) is 9.08. The van der Waals surface area contributed by atoms with Crippen molar-refractivity contribution in [3.8, 4) is 0 Å². The molecule has 2 heterocycles. The summed E-state index contributed by atoms with van der Waals surface area (Å²) in [6.07, 6.45) is 38.2. The number of ether oxygens (including phenoxy) is 6. The molecule has 0 aromatic heterocycles. The highest BCUT2D eigenvalue weighted by Gasteiger charge is 2.47. The number of esters is 1. The van der Waals surface area contributed by atoms with E-state index in [4.69, 9.17) is 28.4 Å². The van der Waals surface area contributed by atoms with Gasteiger partial charge in [-0.2, -0.15) is 0 Å². The summed E-state index contributed by atoms with van der Waals surface area (Å²) in [4.78, 5) is 13.0. The minimum Gasteiger partial charge on any atom is -0.457 e. The van der Waals surface area contributed by atoms with Crippen LogP contribution in [0.3, 0.4) is 0 Å². The van der Waals surface area contributed by atoms with Crippen LogP contribution in [0.5, 0.6) is 0 Å². The normalized spacial score (nSPS) is 25.9. The van der Waals surface area contributed by atoms with Gasteiger partial charge in [-0.05, 0) is 77.0 Å². The second-order valence-corrected chi connectivity index (χ2v) is 19.0. The molecule has 11 unspecified atom stereocenters. The van der Waals surface area contributed by atoms with Gasteiger partial charge in [-0.25, -0.2) is 0 Å². The van der Waals surface area contributed by atoms with Crippen LogP contribution in [0.25, 0.3) is 0 Å². The van der Waals surface area contributed by atoms with Crippen molar-refractivity contribution in [2.75, 3.05) is 33.0 Å². The van der Waals surface area contributed by atoms with Gasteiger partial charge in [0.25, 0.3) is 0 Å². The van der Waals surface area contributed by atoms with Crippen LogP contribution in [0.4, 0.5) is 0 Å².